The van der Waals surface area contributed by atoms with Gasteiger partial charge in [-0.25, -0.2) is 9.97 Å². The molecule has 1 aliphatic heterocycles. The van der Waals surface area contributed by atoms with E-state index >= 15 is 0 Å². The molecule has 1 aliphatic rings. The van der Waals surface area contributed by atoms with Gasteiger partial charge < -0.3 is 14.5 Å². The Bertz CT molecular complexity index is 776. The predicted molar refractivity (Wildman–Crippen MR) is 97.2 cm³/mol. The molecule has 2 heterocycles. The Balaban J connectivity index is 1.70. The van der Waals surface area contributed by atoms with E-state index in [-0.39, 0.29) is 12.0 Å². The molecule has 6 nitrogen and oxygen atoms in total. The second-order valence-corrected chi connectivity index (χ2v) is 6.68. The molecule has 1 fully saturated rings. The lowest BCUT2D eigenvalue weighted by Crippen LogP contribution is -2.31. The highest BCUT2D eigenvalue weighted by atomic mass is 16.5. The van der Waals surface area contributed by atoms with Crippen LogP contribution in [0.25, 0.3) is 0 Å². The molecular weight excluding hydrogens is 316 g/mol. The summed E-state index contributed by atoms with van der Waals surface area (Å²) in [7, 11) is 3.81. The molecule has 25 heavy (non-hydrogen) atoms. The van der Waals surface area contributed by atoms with Crippen molar-refractivity contribution in [3.05, 3.63) is 47.3 Å². The summed E-state index contributed by atoms with van der Waals surface area (Å²) in [6.07, 6.45) is 3.99. The fraction of sp³-hybridized carbons (Fsp3) is 0.421. The topological polar surface area (TPSA) is 58.6 Å². The van der Waals surface area contributed by atoms with Crippen molar-refractivity contribution in [2.24, 2.45) is 0 Å². The van der Waals surface area contributed by atoms with Crippen LogP contribution in [0.4, 0.5) is 5.82 Å². The fourth-order valence-corrected chi connectivity index (χ4v) is 3.01. The highest BCUT2D eigenvalue weighted by molar-refractivity contribution is 5.96. The summed E-state index contributed by atoms with van der Waals surface area (Å²) in [5.74, 6) is 1.28. The number of ether oxygens (including phenoxy) is 1. The number of anilines is 1. The number of aryl methyl sites for hydroxylation is 2. The van der Waals surface area contributed by atoms with Crippen LogP contribution in [0.15, 0.2) is 30.6 Å². The zero-order valence-corrected chi connectivity index (χ0v) is 15.2. The number of amides is 1. The first kappa shape index (κ1) is 17.2. The van der Waals surface area contributed by atoms with Gasteiger partial charge in [0.2, 0.25) is 0 Å². The van der Waals surface area contributed by atoms with Gasteiger partial charge in [-0.05, 0) is 25.5 Å². The molecule has 132 valence electrons. The summed E-state index contributed by atoms with van der Waals surface area (Å²) in [6, 6.07) is 5.98. The summed E-state index contributed by atoms with van der Waals surface area (Å²) < 4.78 is 6.03. The Kier molecular flexibility index (Phi) is 4.88. The largest absolute Gasteiger partial charge is 0.470 e. The number of hydrogen-bond acceptors (Lipinski definition) is 5. The molecule has 0 aliphatic carbocycles. The van der Waals surface area contributed by atoms with E-state index in [1.54, 1.807) is 12.4 Å². The lowest BCUT2D eigenvalue weighted by Gasteiger charge is -2.20. The Morgan fingerprint density at radius 1 is 1.24 bits per heavy atom. The third-order valence-corrected chi connectivity index (χ3v) is 4.40. The van der Waals surface area contributed by atoms with Crippen molar-refractivity contribution in [2.45, 2.75) is 26.4 Å². The maximum absolute atomic E-state index is 12.8. The number of likely N-dealkylation sites (tertiary alicyclic amines) is 1. The fourth-order valence-electron chi connectivity index (χ4n) is 3.01. The van der Waals surface area contributed by atoms with E-state index in [0.717, 1.165) is 23.1 Å². The first-order valence-corrected chi connectivity index (χ1v) is 8.47. The predicted octanol–water partition coefficient (Wildman–Crippen LogP) is 2.45. The number of aromatic nitrogens is 2. The lowest BCUT2D eigenvalue weighted by molar-refractivity contribution is 0.0770. The van der Waals surface area contributed by atoms with Crippen LogP contribution in [-0.4, -0.2) is 54.1 Å². The molecule has 1 aromatic carbocycles. The molecule has 0 N–H and O–H groups in total. The van der Waals surface area contributed by atoms with Gasteiger partial charge in [-0.1, -0.05) is 17.7 Å². The first-order valence-electron chi connectivity index (χ1n) is 8.47. The maximum Gasteiger partial charge on any atom is 0.257 e. The summed E-state index contributed by atoms with van der Waals surface area (Å²) in [5.41, 5.74) is 2.87. The molecule has 1 saturated heterocycles. The third kappa shape index (κ3) is 3.73. The van der Waals surface area contributed by atoms with Crippen molar-refractivity contribution in [3.63, 3.8) is 0 Å². The Morgan fingerprint density at radius 3 is 2.76 bits per heavy atom. The highest BCUT2D eigenvalue weighted by Gasteiger charge is 2.30. The maximum atomic E-state index is 12.8. The minimum absolute atomic E-state index is 0.0653. The minimum atomic E-state index is -0.0653. The highest BCUT2D eigenvalue weighted by Crippen LogP contribution is 2.25. The monoisotopic (exact) mass is 340 g/mol. The van der Waals surface area contributed by atoms with Gasteiger partial charge >= 0.3 is 0 Å². The zero-order chi connectivity index (χ0) is 18.0. The smallest absolute Gasteiger partial charge is 0.257 e. The number of carbonyl (C=O) groups excluding carboxylic acids is 1. The zero-order valence-electron chi connectivity index (χ0n) is 15.2. The van der Waals surface area contributed by atoms with Crippen molar-refractivity contribution in [1.29, 1.82) is 0 Å². The number of hydrogen-bond donors (Lipinski definition) is 0. The van der Waals surface area contributed by atoms with Gasteiger partial charge in [0.05, 0.1) is 6.54 Å². The SMILES string of the molecule is Cc1ccc(C)c(C(=O)N2CCC(Oc3nccnc3N(C)C)C2)c1. The number of nitrogens with zero attached hydrogens (tertiary/aromatic N) is 4. The second-order valence-electron chi connectivity index (χ2n) is 6.68. The minimum Gasteiger partial charge on any atom is -0.470 e. The van der Waals surface area contributed by atoms with Crippen LogP contribution in [0.1, 0.15) is 27.9 Å². The Hall–Kier alpha value is -2.63. The van der Waals surface area contributed by atoms with Gasteiger partial charge in [0.25, 0.3) is 11.8 Å². The molecule has 1 unspecified atom stereocenters. The van der Waals surface area contributed by atoms with Crippen molar-refractivity contribution in [3.8, 4) is 5.88 Å². The molecule has 3 rings (SSSR count). The average molecular weight is 340 g/mol. The van der Waals surface area contributed by atoms with Crippen molar-refractivity contribution in [1.82, 2.24) is 14.9 Å². The van der Waals surface area contributed by atoms with E-state index in [0.29, 0.717) is 24.8 Å². The van der Waals surface area contributed by atoms with Gasteiger partial charge in [-0.15, -0.1) is 0 Å². The van der Waals surface area contributed by atoms with E-state index in [4.69, 9.17) is 4.74 Å². The van der Waals surface area contributed by atoms with Gasteiger partial charge in [0.15, 0.2) is 5.82 Å². The van der Waals surface area contributed by atoms with Crippen molar-refractivity contribution in [2.75, 3.05) is 32.1 Å². The molecule has 0 bridgehead atoms. The van der Waals surface area contributed by atoms with Crippen LogP contribution >= 0.6 is 0 Å². The number of carbonyl (C=O) groups is 1. The van der Waals surface area contributed by atoms with E-state index in [1.807, 2.05) is 55.9 Å². The van der Waals surface area contributed by atoms with Crippen LogP contribution < -0.4 is 9.64 Å². The van der Waals surface area contributed by atoms with Crippen LogP contribution in [0.5, 0.6) is 5.88 Å². The van der Waals surface area contributed by atoms with Gasteiger partial charge in [0, 0.05) is 45.0 Å². The second kappa shape index (κ2) is 7.09. The van der Waals surface area contributed by atoms with Crippen molar-refractivity contribution < 1.29 is 9.53 Å². The average Bonchev–Trinajstić information content (AvgIpc) is 3.05. The van der Waals surface area contributed by atoms with Crippen LogP contribution in [0, 0.1) is 13.8 Å². The Labute approximate surface area is 148 Å². The van der Waals surface area contributed by atoms with Crippen LogP contribution in [-0.2, 0) is 0 Å². The molecule has 0 radical (unpaired) electrons. The van der Waals surface area contributed by atoms with Gasteiger partial charge in [0.1, 0.15) is 6.10 Å². The van der Waals surface area contributed by atoms with Crippen molar-refractivity contribution >= 4 is 11.7 Å². The molecule has 0 spiro atoms. The molecule has 1 atom stereocenters. The summed E-state index contributed by atoms with van der Waals surface area (Å²) >= 11 is 0. The quantitative estimate of drug-likeness (QED) is 0.856. The summed E-state index contributed by atoms with van der Waals surface area (Å²) in [6.45, 7) is 5.23. The standard InChI is InChI=1S/C19H24N4O2/c1-13-5-6-14(2)16(11-13)19(24)23-10-7-15(12-23)25-18-17(22(3)4)20-8-9-21-18/h5-6,8-9,11,15H,7,10,12H2,1-4H3. The third-order valence-electron chi connectivity index (χ3n) is 4.40. The number of rotatable bonds is 4. The molecular formula is C19H24N4O2. The molecule has 2 aromatic rings. The van der Waals surface area contributed by atoms with Gasteiger partial charge in [-0.2, -0.15) is 0 Å². The molecule has 1 aromatic heterocycles. The molecule has 0 saturated carbocycles. The molecule has 6 heteroatoms. The van der Waals surface area contributed by atoms with Crippen LogP contribution in [0.2, 0.25) is 0 Å². The number of benzene rings is 1. The van der Waals surface area contributed by atoms with E-state index in [2.05, 4.69) is 9.97 Å². The van der Waals surface area contributed by atoms with E-state index in [1.165, 1.54) is 0 Å². The Morgan fingerprint density at radius 2 is 2.00 bits per heavy atom. The molecule has 1 amide bonds. The summed E-state index contributed by atoms with van der Waals surface area (Å²) in [4.78, 5) is 25.1. The van der Waals surface area contributed by atoms with E-state index < -0.39 is 0 Å². The normalized spacial score (nSPS) is 16.8. The summed E-state index contributed by atoms with van der Waals surface area (Å²) in [5, 5.41) is 0. The van der Waals surface area contributed by atoms with Crippen LogP contribution in [0.3, 0.4) is 0 Å². The first-order chi connectivity index (χ1) is 12.0. The lowest BCUT2D eigenvalue weighted by atomic mass is 10.0. The van der Waals surface area contributed by atoms with E-state index in [9.17, 15) is 4.79 Å². The van der Waals surface area contributed by atoms with Gasteiger partial charge in [-0.3, -0.25) is 4.79 Å².